The molecule has 7 heteroatoms. The Morgan fingerprint density at radius 2 is 2.20 bits per heavy atom. The van der Waals surface area contributed by atoms with Crippen LogP contribution in [0.2, 0.25) is 0 Å². The average molecular weight is 216 g/mol. The minimum Gasteiger partial charge on any atom is -0.464 e. The summed E-state index contributed by atoms with van der Waals surface area (Å²) in [7, 11) is 0. The zero-order valence-electron chi connectivity index (χ0n) is 8.10. The van der Waals surface area contributed by atoms with E-state index in [2.05, 4.69) is 4.74 Å². The van der Waals surface area contributed by atoms with Gasteiger partial charge in [-0.3, -0.25) is 9.59 Å². The van der Waals surface area contributed by atoms with Gasteiger partial charge >= 0.3 is 12.1 Å². The summed E-state index contributed by atoms with van der Waals surface area (Å²) in [5.41, 5.74) is 4.71. The summed E-state index contributed by atoms with van der Waals surface area (Å²) in [6, 6.07) is 0. The first kappa shape index (κ1) is 11.3. The minimum atomic E-state index is -0.995. The summed E-state index contributed by atoms with van der Waals surface area (Å²) in [6.45, 7) is 0.358. The van der Waals surface area contributed by atoms with Crippen LogP contribution >= 0.6 is 0 Å². The van der Waals surface area contributed by atoms with Gasteiger partial charge in [0.05, 0.1) is 13.0 Å². The van der Waals surface area contributed by atoms with Crippen molar-refractivity contribution in [2.75, 3.05) is 26.3 Å². The Hall–Kier alpha value is -1.79. The Balaban J connectivity index is 2.38. The van der Waals surface area contributed by atoms with Gasteiger partial charge in [-0.2, -0.15) is 0 Å². The molecule has 0 atom stereocenters. The van der Waals surface area contributed by atoms with E-state index in [1.54, 1.807) is 0 Å². The molecule has 2 N–H and O–H groups in total. The van der Waals surface area contributed by atoms with Gasteiger partial charge in [-0.25, -0.2) is 4.79 Å². The predicted octanol–water partition coefficient (Wildman–Crippen LogP) is -1.14. The lowest BCUT2D eigenvalue weighted by molar-refractivity contribution is -0.142. The number of nitrogens with zero attached hydrogens (tertiary/aromatic N) is 1. The molecule has 1 heterocycles. The maximum atomic E-state index is 11.4. The first-order chi connectivity index (χ1) is 7.09. The van der Waals surface area contributed by atoms with Crippen LogP contribution in [0, 0.1) is 0 Å². The van der Waals surface area contributed by atoms with Crippen molar-refractivity contribution in [1.29, 1.82) is 0 Å². The Morgan fingerprint density at radius 3 is 2.87 bits per heavy atom. The average Bonchev–Trinajstić information content (AvgIpc) is 2.39. The maximum Gasteiger partial charge on any atom is 0.405 e. The van der Waals surface area contributed by atoms with Crippen molar-refractivity contribution in [1.82, 2.24) is 4.90 Å². The van der Waals surface area contributed by atoms with E-state index in [9.17, 15) is 14.4 Å². The summed E-state index contributed by atoms with van der Waals surface area (Å²) >= 11 is 0. The molecule has 0 saturated carbocycles. The van der Waals surface area contributed by atoms with Crippen molar-refractivity contribution in [3.63, 3.8) is 0 Å². The van der Waals surface area contributed by atoms with Gasteiger partial charge in [-0.05, 0) is 0 Å². The summed E-state index contributed by atoms with van der Waals surface area (Å²) in [6.07, 6.45) is -0.840. The lowest BCUT2D eigenvalue weighted by Gasteiger charge is -2.18. The number of ether oxygens (including phenoxy) is 2. The fraction of sp³-hybridized carbons (Fsp3) is 0.625. The van der Waals surface area contributed by atoms with Gasteiger partial charge in [-0.15, -0.1) is 0 Å². The van der Waals surface area contributed by atoms with Crippen LogP contribution in [-0.2, 0) is 19.1 Å². The van der Waals surface area contributed by atoms with E-state index in [0.717, 1.165) is 0 Å². The molecule has 0 aromatic rings. The Bertz CT molecular complexity index is 278. The Morgan fingerprint density at radius 1 is 1.47 bits per heavy atom. The third-order valence-electron chi connectivity index (χ3n) is 1.90. The second-order valence-electron chi connectivity index (χ2n) is 2.96. The van der Waals surface area contributed by atoms with Crippen LogP contribution in [0.5, 0.6) is 0 Å². The van der Waals surface area contributed by atoms with Crippen LogP contribution in [0.25, 0.3) is 0 Å². The molecule has 15 heavy (non-hydrogen) atoms. The Kier molecular flexibility index (Phi) is 3.90. The highest BCUT2D eigenvalue weighted by Gasteiger charge is 2.19. The van der Waals surface area contributed by atoms with Gasteiger partial charge in [0, 0.05) is 6.54 Å². The zero-order valence-corrected chi connectivity index (χ0v) is 8.10. The molecular formula is C8H12N2O5. The van der Waals surface area contributed by atoms with Crippen molar-refractivity contribution < 1.29 is 23.9 Å². The van der Waals surface area contributed by atoms with Crippen molar-refractivity contribution in [2.24, 2.45) is 5.73 Å². The number of esters is 1. The van der Waals surface area contributed by atoms with Gasteiger partial charge in [0.1, 0.15) is 6.61 Å². The highest BCUT2D eigenvalue weighted by molar-refractivity contribution is 5.80. The SMILES string of the molecule is NC(=O)OCC(=O)N1CCOC(=O)CC1. The number of primary amides is 1. The second kappa shape index (κ2) is 5.18. The molecule has 1 aliphatic rings. The third-order valence-corrected chi connectivity index (χ3v) is 1.90. The van der Waals surface area contributed by atoms with Crippen LogP contribution in [-0.4, -0.2) is 49.2 Å². The van der Waals surface area contributed by atoms with Crippen LogP contribution in [0.1, 0.15) is 6.42 Å². The van der Waals surface area contributed by atoms with Crippen LogP contribution in [0.3, 0.4) is 0 Å². The largest absolute Gasteiger partial charge is 0.464 e. The van der Waals surface area contributed by atoms with Crippen LogP contribution in [0.4, 0.5) is 4.79 Å². The highest BCUT2D eigenvalue weighted by Crippen LogP contribution is 2.01. The lowest BCUT2D eigenvalue weighted by atomic mass is 10.4. The number of rotatable bonds is 2. The number of amides is 2. The molecule has 0 bridgehead atoms. The van der Waals surface area contributed by atoms with E-state index < -0.39 is 12.7 Å². The zero-order chi connectivity index (χ0) is 11.3. The Labute approximate surface area is 86.1 Å². The van der Waals surface area contributed by atoms with E-state index in [4.69, 9.17) is 10.5 Å². The molecule has 0 aromatic heterocycles. The van der Waals surface area contributed by atoms with Gasteiger partial charge in [0.2, 0.25) is 0 Å². The molecule has 1 saturated heterocycles. The molecule has 7 nitrogen and oxygen atoms in total. The number of hydrogen-bond donors (Lipinski definition) is 1. The van der Waals surface area contributed by atoms with Gasteiger partial charge in [0.15, 0.2) is 6.61 Å². The van der Waals surface area contributed by atoms with Crippen molar-refractivity contribution >= 4 is 18.0 Å². The minimum absolute atomic E-state index is 0.155. The molecule has 84 valence electrons. The topological polar surface area (TPSA) is 98.9 Å². The van der Waals surface area contributed by atoms with Gasteiger partial charge < -0.3 is 20.1 Å². The number of nitrogens with two attached hydrogens (primary N) is 1. The van der Waals surface area contributed by atoms with Gasteiger partial charge in [0.25, 0.3) is 5.91 Å². The number of carbonyl (C=O) groups is 3. The normalized spacial score (nSPS) is 16.5. The van der Waals surface area contributed by atoms with Crippen molar-refractivity contribution in [2.45, 2.75) is 6.42 Å². The number of carbonyl (C=O) groups excluding carboxylic acids is 3. The summed E-state index contributed by atoms with van der Waals surface area (Å²) in [4.78, 5) is 33.9. The first-order valence-corrected chi connectivity index (χ1v) is 4.45. The smallest absolute Gasteiger partial charge is 0.405 e. The molecule has 0 unspecified atom stereocenters. The van der Waals surface area contributed by atoms with E-state index >= 15 is 0 Å². The van der Waals surface area contributed by atoms with E-state index in [-0.39, 0.29) is 31.4 Å². The molecule has 0 spiro atoms. The monoisotopic (exact) mass is 216 g/mol. The quantitative estimate of drug-likeness (QED) is 0.588. The molecular weight excluding hydrogens is 204 g/mol. The number of hydrogen-bond acceptors (Lipinski definition) is 5. The summed E-state index contributed by atoms with van der Waals surface area (Å²) in [5, 5.41) is 0. The molecule has 0 radical (unpaired) electrons. The molecule has 2 amide bonds. The lowest BCUT2D eigenvalue weighted by Crippen LogP contribution is -2.37. The fourth-order valence-electron chi connectivity index (χ4n) is 1.15. The second-order valence-corrected chi connectivity index (χ2v) is 2.96. The van der Waals surface area contributed by atoms with E-state index in [1.807, 2.05) is 0 Å². The first-order valence-electron chi connectivity index (χ1n) is 4.45. The van der Waals surface area contributed by atoms with Crippen molar-refractivity contribution in [3.8, 4) is 0 Å². The van der Waals surface area contributed by atoms with Crippen LogP contribution in [0.15, 0.2) is 0 Å². The van der Waals surface area contributed by atoms with E-state index in [0.29, 0.717) is 6.54 Å². The number of cyclic esters (lactones) is 1. The summed E-state index contributed by atoms with van der Waals surface area (Å²) in [5.74, 6) is -0.715. The predicted molar refractivity (Wildman–Crippen MR) is 47.7 cm³/mol. The maximum absolute atomic E-state index is 11.4. The molecule has 1 rings (SSSR count). The molecule has 1 aliphatic heterocycles. The standard InChI is InChI=1S/C8H12N2O5/c9-8(13)15-5-6(11)10-2-1-7(12)14-4-3-10/h1-5H2,(H2,9,13). The van der Waals surface area contributed by atoms with Crippen molar-refractivity contribution in [3.05, 3.63) is 0 Å². The van der Waals surface area contributed by atoms with E-state index in [1.165, 1.54) is 4.90 Å². The van der Waals surface area contributed by atoms with Gasteiger partial charge in [-0.1, -0.05) is 0 Å². The fourth-order valence-corrected chi connectivity index (χ4v) is 1.15. The summed E-state index contributed by atoms with van der Waals surface area (Å²) < 4.78 is 9.09. The molecule has 1 fully saturated rings. The van der Waals surface area contributed by atoms with Crippen LogP contribution < -0.4 is 5.73 Å². The molecule has 0 aromatic carbocycles. The molecule has 0 aliphatic carbocycles. The third kappa shape index (κ3) is 3.84. The highest BCUT2D eigenvalue weighted by atomic mass is 16.5.